The summed E-state index contributed by atoms with van der Waals surface area (Å²) < 4.78 is 39.5. The van der Waals surface area contributed by atoms with Crippen LogP contribution in [-0.4, -0.2) is 60.4 Å². The summed E-state index contributed by atoms with van der Waals surface area (Å²) >= 11 is 0. The molecule has 0 bridgehead atoms. The van der Waals surface area contributed by atoms with Gasteiger partial charge in [-0.2, -0.15) is 4.31 Å². The molecule has 1 saturated heterocycles. The van der Waals surface area contributed by atoms with E-state index in [0.29, 0.717) is 5.75 Å². The number of aryl methyl sites for hydroxylation is 2. The second-order valence-electron chi connectivity index (χ2n) is 9.13. The van der Waals surface area contributed by atoms with Gasteiger partial charge in [0.25, 0.3) is 5.69 Å². The van der Waals surface area contributed by atoms with Gasteiger partial charge in [-0.25, -0.2) is 13.2 Å². The molecule has 2 aromatic rings. The first-order valence-electron chi connectivity index (χ1n) is 10.8. The Morgan fingerprint density at radius 1 is 1.00 bits per heavy atom. The largest absolute Gasteiger partial charge is 0.456 e. The highest BCUT2D eigenvalue weighted by molar-refractivity contribution is 7.89. The van der Waals surface area contributed by atoms with Crippen LogP contribution < -0.4 is 4.74 Å². The molecule has 1 aliphatic rings. The Bertz CT molecular complexity index is 1200. The number of hydrogen-bond acceptors (Lipinski definition) is 7. The number of nitro groups is 1. The molecule has 2 aromatic carbocycles. The van der Waals surface area contributed by atoms with E-state index >= 15 is 0 Å². The summed E-state index contributed by atoms with van der Waals surface area (Å²) in [5, 5.41) is 11.4. The van der Waals surface area contributed by atoms with Gasteiger partial charge < -0.3 is 14.4 Å². The molecule has 0 unspecified atom stereocenters. The molecule has 1 fully saturated rings. The van der Waals surface area contributed by atoms with E-state index in [2.05, 4.69) is 0 Å². The number of carbonyl (C=O) groups is 1. The average Bonchev–Trinajstić information content (AvgIpc) is 2.75. The van der Waals surface area contributed by atoms with Gasteiger partial charge in [0.05, 0.1) is 4.92 Å². The maximum Gasteiger partial charge on any atom is 0.410 e. The number of nitro benzene ring substituents is 1. The normalized spacial score (nSPS) is 15.1. The monoisotopic (exact) mass is 491 g/mol. The van der Waals surface area contributed by atoms with Gasteiger partial charge in [0.1, 0.15) is 22.0 Å². The molecule has 0 spiro atoms. The summed E-state index contributed by atoms with van der Waals surface area (Å²) in [6.07, 6.45) is -0.515. The van der Waals surface area contributed by atoms with Crippen LogP contribution in [-0.2, 0) is 14.8 Å². The predicted molar refractivity (Wildman–Crippen MR) is 126 cm³/mol. The predicted octanol–water partition coefficient (Wildman–Crippen LogP) is 4.25. The Morgan fingerprint density at radius 2 is 1.65 bits per heavy atom. The molecule has 1 heterocycles. The zero-order valence-corrected chi connectivity index (χ0v) is 20.7. The van der Waals surface area contributed by atoms with E-state index in [1.165, 1.54) is 21.3 Å². The minimum Gasteiger partial charge on any atom is -0.456 e. The van der Waals surface area contributed by atoms with Gasteiger partial charge in [0.2, 0.25) is 10.0 Å². The van der Waals surface area contributed by atoms with Crippen molar-refractivity contribution in [1.82, 2.24) is 9.21 Å². The highest BCUT2D eigenvalue weighted by atomic mass is 32.2. The summed E-state index contributed by atoms with van der Waals surface area (Å²) in [7, 11) is -4.15. The number of sulfonamides is 1. The minimum absolute atomic E-state index is 0.00567. The van der Waals surface area contributed by atoms with Gasteiger partial charge in [-0.15, -0.1) is 0 Å². The van der Waals surface area contributed by atoms with Gasteiger partial charge in [0.15, 0.2) is 0 Å². The molecule has 11 heteroatoms. The molecular weight excluding hydrogens is 462 g/mol. The van der Waals surface area contributed by atoms with E-state index in [0.717, 1.165) is 17.2 Å². The minimum atomic E-state index is -4.15. The van der Waals surface area contributed by atoms with Gasteiger partial charge in [0, 0.05) is 38.3 Å². The molecule has 10 nitrogen and oxygen atoms in total. The number of piperazine rings is 1. The molecule has 1 aliphatic heterocycles. The topological polar surface area (TPSA) is 119 Å². The van der Waals surface area contributed by atoms with E-state index in [-0.39, 0.29) is 42.5 Å². The molecule has 0 N–H and O–H groups in total. The van der Waals surface area contributed by atoms with Crippen molar-refractivity contribution in [3.63, 3.8) is 0 Å². The Morgan fingerprint density at radius 3 is 2.24 bits per heavy atom. The van der Waals surface area contributed by atoms with Crippen molar-refractivity contribution in [3.8, 4) is 11.5 Å². The number of non-ortho nitro benzene ring substituents is 1. The first kappa shape index (κ1) is 25.4. The first-order chi connectivity index (χ1) is 15.8. The van der Waals surface area contributed by atoms with Crippen LogP contribution in [0.25, 0.3) is 0 Å². The molecule has 0 aromatic heterocycles. The van der Waals surface area contributed by atoms with Crippen molar-refractivity contribution in [1.29, 1.82) is 0 Å². The molecule has 0 saturated carbocycles. The van der Waals surface area contributed by atoms with Crippen LogP contribution in [0.1, 0.15) is 31.9 Å². The zero-order chi connectivity index (χ0) is 25.3. The van der Waals surface area contributed by atoms with Crippen molar-refractivity contribution < 1.29 is 27.6 Å². The maximum atomic E-state index is 13.5. The van der Waals surface area contributed by atoms with Crippen molar-refractivity contribution in [2.75, 3.05) is 26.2 Å². The lowest BCUT2D eigenvalue weighted by Crippen LogP contribution is -2.51. The summed E-state index contributed by atoms with van der Waals surface area (Å²) in [5.41, 5.74) is 0.686. The van der Waals surface area contributed by atoms with Crippen LogP contribution in [0, 0.1) is 24.0 Å². The molecule has 0 aliphatic carbocycles. The highest BCUT2D eigenvalue weighted by Gasteiger charge is 2.34. The maximum absolute atomic E-state index is 13.5. The summed E-state index contributed by atoms with van der Waals surface area (Å²) in [6.45, 7) is 9.28. The van der Waals surface area contributed by atoms with Crippen LogP contribution >= 0.6 is 0 Å². The standard InChI is InChI=1S/C23H29N3O7S/c1-16-6-7-17(2)20(14-16)32-19-9-8-18(26(28)29)15-21(19)34(30,31)25-12-10-24(11-13-25)22(27)33-23(3,4)5/h6-9,14-15H,10-13H2,1-5H3. The molecule has 0 radical (unpaired) electrons. The molecule has 34 heavy (non-hydrogen) atoms. The number of hydrogen-bond donors (Lipinski definition) is 0. The van der Waals surface area contributed by atoms with E-state index in [1.807, 2.05) is 26.0 Å². The average molecular weight is 492 g/mol. The van der Waals surface area contributed by atoms with Crippen LogP contribution in [0.15, 0.2) is 41.3 Å². The lowest BCUT2D eigenvalue weighted by Gasteiger charge is -2.35. The lowest BCUT2D eigenvalue weighted by molar-refractivity contribution is -0.385. The van der Waals surface area contributed by atoms with Crippen molar-refractivity contribution in [2.45, 2.75) is 45.1 Å². The molecule has 184 valence electrons. The second-order valence-corrected chi connectivity index (χ2v) is 11.0. The zero-order valence-electron chi connectivity index (χ0n) is 19.9. The van der Waals surface area contributed by atoms with Crippen molar-refractivity contribution >= 4 is 21.8 Å². The van der Waals surface area contributed by atoms with E-state index in [1.54, 1.807) is 26.8 Å². The van der Waals surface area contributed by atoms with Crippen LogP contribution in [0.3, 0.4) is 0 Å². The van der Waals surface area contributed by atoms with E-state index in [4.69, 9.17) is 9.47 Å². The fraction of sp³-hybridized carbons (Fsp3) is 0.435. The first-order valence-corrected chi connectivity index (χ1v) is 12.2. The summed E-state index contributed by atoms with van der Waals surface area (Å²) in [4.78, 5) is 24.2. The highest BCUT2D eigenvalue weighted by Crippen LogP contribution is 2.35. The summed E-state index contributed by atoms with van der Waals surface area (Å²) in [6, 6.07) is 9.03. The Kier molecular flexibility index (Phi) is 7.18. The Hall–Kier alpha value is -3.18. The van der Waals surface area contributed by atoms with E-state index < -0.39 is 26.6 Å². The van der Waals surface area contributed by atoms with Crippen molar-refractivity contribution in [2.24, 2.45) is 0 Å². The van der Waals surface area contributed by atoms with Crippen LogP contribution in [0.2, 0.25) is 0 Å². The molecule has 3 rings (SSSR count). The van der Waals surface area contributed by atoms with Gasteiger partial charge in [-0.1, -0.05) is 12.1 Å². The molecule has 1 amide bonds. The number of ether oxygens (including phenoxy) is 2. The van der Waals surface area contributed by atoms with Gasteiger partial charge in [-0.05, 0) is 57.9 Å². The number of rotatable bonds is 5. The van der Waals surface area contributed by atoms with Crippen molar-refractivity contribution in [3.05, 3.63) is 57.6 Å². The van der Waals surface area contributed by atoms with Gasteiger partial charge in [-0.3, -0.25) is 10.1 Å². The SMILES string of the molecule is Cc1ccc(C)c(Oc2ccc([N+](=O)[O-])cc2S(=O)(=O)N2CCN(C(=O)OC(C)(C)C)CC2)c1. The van der Waals surface area contributed by atoms with Crippen LogP contribution in [0.5, 0.6) is 11.5 Å². The smallest absolute Gasteiger partial charge is 0.410 e. The Balaban J connectivity index is 1.89. The number of amides is 1. The third-order valence-corrected chi connectivity index (χ3v) is 7.13. The van der Waals surface area contributed by atoms with Gasteiger partial charge >= 0.3 is 6.09 Å². The quantitative estimate of drug-likeness (QED) is 0.453. The molecule has 0 atom stereocenters. The molecular formula is C23H29N3O7S. The Labute approximate surface area is 199 Å². The number of nitrogens with zero attached hydrogens (tertiary/aromatic N) is 3. The second kappa shape index (κ2) is 9.59. The summed E-state index contributed by atoms with van der Waals surface area (Å²) in [5.74, 6) is 0.453. The third-order valence-electron chi connectivity index (χ3n) is 5.21. The number of benzene rings is 2. The van der Waals surface area contributed by atoms with Crippen LogP contribution in [0.4, 0.5) is 10.5 Å². The van der Waals surface area contributed by atoms with E-state index in [9.17, 15) is 23.3 Å². The number of carbonyl (C=O) groups excluding carboxylic acids is 1. The lowest BCUT2D eigenvalue weighted by atomic mass is 10.1. The third kappa shape index (κ3) is 5.84. The fourth-order valence-electron chi connectivity index (χ4n) is 3.41. The fourth-order valence-corrected chi connectivity index (χ4v) is 4.96.